The lowest BCUT2D eigenvalue weighted by atomic mass is 10.4. The quantitative estimate of drug-likeness (QED) is 0.558. The molecular weight excluding hydrogens is 130 g/mol. The van der Waals surface area contributed by atoms with Crippen molar-refractivity contribution in [3.8, 4) is 0 Å². The lowest BCUT2D eigenvalue weighted by molar-refractivity contribution is 0.237. The standard InChI is InChI=1S/C6H13N3O/c7-6(10)8-5-9-3-1-2-4-9/h1-5H2,(H3,7,8,10). The fraction of sp³-hybridized carbons (Fsp3) is 0.833. The molecule has 1 rings (SSSR count). The van der Waals surface area contributed by atoms with E-state index >= 15 is 0 Å². The molecule has 0 aliphatic carbocycles. The molecule has 0 bridgehead atoms. The van der Waals surface area contributed by atoms with Crippen molar-refractivity contribution in [2.24, 2.45) is 5.73 Å². The highest BCUT2D eigenvalue weighted by Gasteiger charge is 2.10. The number of primary amides is 1. The highest BCUT2D eigenvalue weighted by Crippen LogP contribution is 2.04. The first-order valence-corrected chi connectivity index (χ1v) is 3.55. The number of carbonyl (C=O) groups is 1. The summed E-state index contributed by atoms with van der Waals surface area (Å²) in [6.07, 6.45) is 2.47. The Morgan fingerprint density at radius 2 is 2.10 bits per heavy atom. The second-order valence-electron chi connectivity index (χ2n) is 2.52. The van der Waals surface area contributed by atoms with Gasteiger partial charge in [0.25, 0.3) is 0 Å². The minimum absolute atomic E-state index is 0.438. The Kier molecular flexibility index (Phi) is 2.50. The maximum Gasteiger partial charge on any atom is 0.313 e. The average Bonchev–Trinajstić information content (AvgIpc) is 2.34. The predicted octanol–water partition coefficient (Wildman–Crippen LogP) is -0.292. The molecular formula is C6H13N3O. The number of nitrogens with two attached hydrogens (primary N) is 1. The van der Waals surface area contributed by atoms with Crippen LogP contribution in [0, 0.1) is 0 Å². The van der Waals surface area contributed by atoms with Crippen molar-refractivity contribution >= 4 is 6.03 Å². The fourth-order valence-corrected chi connectivity index (χ4v) is 1.13. The van der Waals surface area contributed by atoms with Gasteiger partial charge in [-0.05, 0) is 25.9 Å². The third-order valence-corrected chi connectivity index (χ3v) is 1.68. The molecule has 1 saturated heterocycles. The summed E-state index contributed by atoms with van der Waals surface area (Å²) in [6.45, 7) is 2.77. The topological polar surface area (TPSA) is 58.4 Å². The molecule has 0 atom stereocenters. The molecule has 4 heteroatoms. The van der Waals surface area contributed by atoms with Gasteiger partial charge in [0.05, 0.1) is 6.67 Å². The van der Waals surface area contributed by atoms with Crippen LogP contribution in [0.3, 0.4) is 0 Å². The minimum Gasteiger partial charge on any atom is -0.352 e. The van der Waals surface area contributed by atoms with Gasteiger partial charge in [-0.1, -0.05) is 0 Å². The molecule has 1 aliphatic heterocycles. The van der Waals surface area contributed by atoms with E-state index in [1.165, 1.54) is 12.8 Å². The molecule has 0 radical (unpaired) electrons. The molecule has 1 heterocycles. The number of nitrogens with zero attached hydrogens (tertiary/aromatic N) is 1. The van der Waals surface area contributed by atoms with Gasteiger partial charge in [0, 0.05) is 0 Å². The van der Waals surface area contributed by atoms with E-state index in [4.69, 9.17) is 5.73 Å². The monoisotopic (exact) mass is 143 g/mol. The van der Waals surface area contributed by atoms with Crippen molar-refractivity contribution < 1.29 is 4.79 Å². The van der Waals surface area contributed by atoms with E-state index in [2.05, 4.69) is 10.2 Å². The molecule has 0 spiro atoms. The number of rotatable bonds is 2. The first-order chi connectivity index (χ1) is 4.79. The van der Waals surface area contributed by atoms with Crippen LogP contribution in [0.5, 0.6) is 0 Å². The zero-order valence-electron chi connectivity index (χ0n) is 5.97. The first kappa shape index (κ1) is 7.34. The van der Waals surface area contributed by atoms with Crippen LogP contribution < -0.4 is 11.1 Å². The Balaban J connectivity index is 2.07. The van der Waals surface area contributed by atoms with Crippen molar-refractivity contribution in [1.82, 2.24) is 10.2 Å². The highest BCUT2D eigenvalue weighted by molar-refractivity contribution is 5.71. The Morgan fingerprint density at radius 1 is 1.50 bits per heavy atom. The van der Waals surface area contributed by atoms with Gasteiger partial charge >= 0.3 is 6.03 Å². The third-order valence-electron chi connectivity index (χ3n) is 1.68. The summed E-state index contributed by atoms with van der Waals surface area (Å²) in [5.74, 6) is 0. The Morgan fingerprint density at radius 3 is 2.60 bits per heavy atom. The summed E-state index contributed by atoms with van der Waals surface area (Å²) < 4.78 is 0. The maximum absolute atomic E-state index is 10.2. The van der Waals surface area contributed by atoms with E-state index < -0.39 is 6.03 Å². The number of hydrogen-bond donors (Lipinski definition) is 2. The van der Waals surface area contributed by atoms with Crippen LogP contribution in [0.25, 0.3) is 0 Å². The number of amides is 2. The smallest absolute Gasteiger partial charge is 0.313 e. The zero-order chi connectivity index (χ0) is 7.40. The lowest BCUT2D eigenvalue weighted by Crippen LogP contribution is -2.38. The van der Waals surface area contributed by atoms with Crippen LogP contribution >= 0.6 is 0 Å². The fourth-order valence-electron chi connectivity index (χ4n) is 1.13. The molecule has 1 fully saturated rings. The van der Waals surface area contributed by atoms with Crippen molar-refractivity contribution in [1.29, 1.82) is 0 Å². The Bertz CT molecular complexity index is 120. The summed E-state index contributed by atoms with van der Waals surface area (Å²) in [5, 5.41) is 2.55. The largest absolute Gasteiger partial charge is 0.352 e. The Labute approximate surface area is 60.4 Å². The molecule has 58 valence electrons. The molecule has 10 heavy (non-hydrogen) atoms. The summed E-state index contributed by atoms with van der Waals surface area (Å²) >= 11 is 0. The lowest BCUT2D eigenvalue weighted by Gasteiger charge is -2.13. The molecule has 2 amide bonds. The van der Waals surface area contributed by atoms with Crippen LogP contribution in [0.1, 0.15) is 12.8 Å². The molecule has 4 nitrogen and oxygen atoms in total. The first-order valence-electron chi connectivity index (χ1n) is 3.55. The SMILES string of the molecule is NC(=O)NCN1CCCC1. The van der Waals surface area contributed by atoms with Crippen LogP contribution in [-0.4, -0.2) is 30.7 Å². The van der Waals surface area contributed by atoms with Gasteiger partial charge in [0.15, 0.2) is 0 Å². The van der Waals surface area contributed by atoms with Gasteiger partial charge in [-0.15, -0.1) is 0 Å². The number of carbonyl (C=O) groups excluding carboxylic acids is 1. The highest BCUT2D eigenvalue weighted by atomic mass is 16.2. The van der Waals surface area contributed by atoms with Crippen molar-refractivity contribution in [3.63, 3.8) is 0 Å². The number of urea groups is 1. The summed E-state index contributed by atoms with van der Waals surface area (Å²) in [7, 11) is 0. The molecule has 0 aromatic rings. The molecule has 3 N–H and O–H groups in total. The van der Waals surface area contributed by atoms with Gasteiger partial charge in [-0.3, -0.25) is 4.90 Å². The van der Waals surface area contributed by atoms with Crippen molar-refractivity contribution in [3.05, 3.63) is 0 Å². The summed E-state index contributed by atoms with van der Waals surface area (Å²) in [4.78, 5) is 12.4. The molecule has 0 unspecified atom stereocenters. The van der Waals surface area contributed by atoms with Gasteiger partial charge in [-0.25, -0.2) is 4.79 Å². The van der Waals surface area contributed by atoms with Crippen LogP contribution in [0.2, 0.25) is 0 Å². The van der Waals surface area contributed by atoms with Gasteiger partial charge in [0.1, 0.15) is 0 Å². The van der Waals surface area contributed by atoms with Crippen molar-refractivity contribution in [2.45, 2.75) is 12.8 Å². The molecule has 1 aliphatic rings. The second kappa shape index (κ2) is 3.41. The van der Waals surface area contributed by atoms with Crippen LogP contribution in [-0.2, 0) is 0 Å². The molecule has 0 aromatic heterocycles. The van der Waals surface area contributed by atoms with E-state index in [9.17, 15) is 4.79 Å². The van der Waals surface area contributed by atoms with Crippen LogP contribution in [0.4, 0.5) is 4.79 Å². The minimum atomic E-state index is -0.438. The van der Waals surface area contributed by atoms with E-state index in [0.717, 1.165) is 13.1 Å². The predicted molar refractivity (Wildman–Crippen MR) is 38.4 cm³/mol. The van der Waals surface area contributed by atoms with E-state index in [0.29, 0.717) is 6.67 Å². The summed E-state index contributed by atoms with van der Waals surface area (Å²) in [6, 6.07) is -0.438. The second-order valence-corrected chi connectivity index (χ2v) is 2.52. The maximum atomic E-state index is 10.2. The normalized spacial score (nSPS) is 19.2. The average molecular weight is 143 g/mol. The number of hydrogen-bond acceptors (Lipinski definition) is 2. The van der Waals surface area contributed by atoms with E-state index in [1.54, 1.807) is 0 Å². The molecule has 0 aromatic carbocycles. The van der Waals surface area contributed by atoms with E-state index in [-0.39, 0.29) is 0 Å². The zero-order valence-corrected chi connectivity index (χ0v) is 5.97. The van der Waals surface area contributed by atoms with Gasteiger partial charge in [-0.2, -0.15) is 0 Å². The Hall–Kier alpha value is -0.770. The van der Waals surface area contributed by atoms with Gasteiger partial charge in [0.2, 0.25) is 0 Å². The number of nitrogens with one attached hydrogen (secondary N) is 1. The summed E-state index contributed by atoms with van der Waals surface area (Å²) in [5.41, 5.74) is 4.89. The van der Waals surface area contributed by atoms with Gasteiger partial charge < -0.3 is 11.1 Å². The van der Waals surface area contributed by atoms with E-state index in [1.807, 2.05) is 0 Å². The van der Waals surface area contributed by atoms with Crippen molar-refractivity contribution in [2.75, 3.05) is 19.8 Å². The molecule has 0 saturated carbocycles. The third kappa shape index (κ3) is 2.23. The number of likely N-dealkylation sites (tertiary alicyclic amines) is 1. The van der Waals surface area contributed by atoms with Crippen LogP contribution in [0.15, 0.2) is 0 Å².